The van der Waals surface area contributed by atoms with E-state index in [0.29, 0.717) is 28.4 Å². The second-order valence-corrected chi connectivity index (χ2v) is 7.15. The van der Waals surface area contributed by atoms with Crippen molar-refractivity contribution >= 4 is 22.6 Å². The second-order valence-electron chi connectivity index (χ2n) is 7.15. The Balaban J connectivity index is 1.55. The van der Waals surface area contributed by atoms with Gasteiger partial charge in [0.25, 0.3) is 5.56 Å². The number of carbonyl (C=O) groups is 1. The maximum Gasteiger partial charge on any atom is 0.264 e. The van der Waals surface area contributed by atoms with Gasteiger partial charge in [0, 0.05) is 18.7 Å². The predicted molar refractivity (Wildman–Crippen MR) is 112 cm³/mol. The smallest absolute Gasteiger partial charge is 0.264 e. The van der Waals surface area contributed by atoms with Gasteiger partial charge in [0.1, 0.15) is 22.8 Å². The summed E-state index contributed by atoms with van der Waals surface area (Å²) in [4.78, 5) is 29.7. The first-order chi connectivity index (χ1) is 14.8. The molecule has 4 aromatic rings. The van der Waals surface area contributed by atoms with Crippen LogP contribution in [0, 0.1) is 25.5 Å². The molecule has 31 heavy (non-hydrogen) atoms. The Morgan fingerprint density at radius 1 is 1.10 bits per heavy atom. The molecular formula is C22H19F2N5O2. The fourth-order valence-electron chi connectivity index (χ4n) is 3.25. The van der Waals surface area contributed by atoms with E-state index in [1.807, 2.05) is 0 Å². The number of carbonyl (C=O) groups excluding carboxylic acids is 1. The van der Waals surface area contributed by atoms with E-state index in [9.17, 15) is 18.4 Å². The van der Waals surface area contributed by atoms with Gasteiger partial charge in [-0.15, -0.1) is 0 Å². The van der Waals surface area contributed by atoms with Gasteiger partial charge in [0.05, 0.1) is 11.9 Å². The fraction of sp³-hybridized carbons (Fsp3) is 0.182. The first-order valence-electron chi connectivity index (χ1n) is 9.60. The molecule has 4 rings (SSSR count). The SMILES string of the molecule is Cc1ccc(NC(=O)CCn2c(C)nc3c(cnn3-c3ccc(F)cc3)c2=O)cc1F. The summed E-state index contributed by atoms with van der Waals surface area (Å²) in [5.41, 5.74) is 1.44. The minimum absolute atomic E-state index is 0.00945. The largest absolute Gasteiger partial charge is 0.326 e. The predicted octanol–water partition coefficient (Wildman–Crippen LogP) is 3.51. The number of nitrogens with one attached hydrogen (secondary N) is 1. The van der Waals surface area contributed by atoms with Crippen LogP contribution in [-0.2, 0) is 11.3 Å². The van der Waals surface area contributed by atoms with Gasteiger partial charge in [0.15, 0.2) is 5.65 Å². The van der Waals surface area contributed by atoms with E-state index < -0.39 is 5.82 Å². The lowest BCUT2D eigenvalue weighted by molar-refractivity contribution is -0.116. The summed E-state index contributed by atoms with van der Waals surface area (Å²) in [5, 5.41) is 7.12. The highest BCUT2D eigenvalue weighted by atomic mass is 19.1. The average molecular weight is 423 g/mol. The normalized spacial score (nSPS) is 11.1. The molecule has 2 heterocycles. The quantitative estimate of drug-likeness (QED) is 0.533. The third-order valence-electron chi connectivity index (χ3n) is 4.97. The lowest BCUT2D eigenvalue weighted by atomic mass is 10.2. The van der Waals surface area contributed by atoms with Crippen LogP contribution < -0.4 is 10.9 Å². The van der Waals surface area contributed by atoms with Gasteiger partial charge in [-0.2, -0.15) is 5.10 Å². The van der Waals surface area contributed by atoms with Crippen LogP contribution in [0.1, 0.15) is 17.8 Å². The molecule has 9 heteroatoms. The molecule has 0 fully saturated rings. The van der Waals surface area contributed by atoms with Gasteiger partial charge >= 0.3 is 0 Å². The maximum atomic E-state index is 13.6. The van der Waals surface area contributed by atoms with Crippen molar-refractivity contribution in [2.75, 3.05) is 5.32 Å². The van der Waals surface area contributed by atoms with E-state index in [0.717, 1.165) is 0 Å². The zero-order chi connectivity index (χ0) is 22.1. The average Bonchev–Trinajstić information content (AvgIpc) is 3.15. The van der Waals surface area contributed by atoms with Crippen LogP contribution in [0.5, 0.6) is 0 Å². The molecule has 0 spiro atoms. The van der Waals surface area contributed by atoms with Crippen molar-refractivity contribution in [3.05, 3.63) is 82.0 Å². The van der Waals surface area contributed by atoms with Gasteiger partial charge < -0.3 is 5.32 Å². The molecule has 1 N–H and O–H groups in total. The standard InChI is InChI=1S/C22H19F2N5O2/c1-13-3-6-16(11-19(13)24)27-20(30)9-10-28-14(2)26-21-18(22(28)31)12-25-29(21)17-7-4-15(23)5-8-17/h3-8,11-12H,9-10H2,1-2H3,(H,27,30). The van der Waals surface area contributed by atoms with E-state index >= 15 is 0 Å². The molecule has 0 saturated carbocycles. The molecule has 0 bridgehead atoms. The second kappa shape index (κ2) is 8.10. The molecule has 0 aliphatic heterocycles. The number of halogens is 2. The molecule has 0 unspecified atom stereocenters. The summed E-state index contributed by atoms with van der Waals surface area (Å²) in [6.45, 7) is 3.41. The number of aromatic nitrogens is 4. The molecule has 0 aliphatic rings. The summed E-state index contributed by atoms with van der Waals surface area (Å²) < 4.78 is 29.7. The highest BCUT2D eigenvalue weighted by Crippen LogP contribution is 2.16. The first kappa shape index (κ1) is 20.4. The van der Waals surface area contributed by atoms with Gasteiger partial charge in [-0.25, -0.2) is 18.4 Å². The van der Waals surface area contributed by atoms with Crippen molar-refractivity contribution in [1.82, 2.24) is 19.3 Å². The first-order valence-corrected chi connectivity index (χ1v) is 9.60. The van der Waals surface area contributed by atoms with E-state index in [2.05, 4.69) is 15.4 Å². The number of amides is 1. The number of anilines is 1. The number of nitrogens with zero attached hydrogens (tertiary/aromatic N) is 4. The molecular weight excluding hydrogens is 404 g/mol. The van der Waals surface area contributed by atoms with Crippen LogP contribution in [0.15, 0.2) is 53.5 Å². The Hall–Kier alpha value is -3.88. The zero-order valence-electron chi connectivity index (χ0n) is 16.9. The van der Waals surface area contributed by atoms with Crippen molar-refractivity contribution in [2.45, 2.75) is 26.8 Å². The summed E-state index contributed by atoms with van der Waals surface area (Å²) in [7, 11) is 0. The van der Waals surface area contributed by atoms with Gasteiger partial charge in [-0.3, -0.25) is 14.2 Å². The van der Waals surface area contributed by atoms with Crippen molar-refractivity contribution in [3.8, 4) is 5.69 Å². The Kier molecular flexibility index (Phi) is 5.33. The van der Waals surface area contributed by atoms with Gasteiger partial charge in [-0.1, -0.05) is 6.07 Å². The monoisotopic (exact) mass is 423 g/mol. The minimum atomic E-state index is -0.405. The van der Waals surface area contributed by atoms with E-state index in [4.69, 9.17) is 0 Å². The summed E-state index contributed by atoms with van der Waals surface area (Å²) in [6.07, 6.45) is 1.41. The van der Waals surface area contributed by atoms with Crippen LogP contribution in [0.2, 0.25) is 0 Å². The van der Waals surface area contributed by atoms with Crippen molar-refractivity contribution in [2.24, 2.45) is 0 Å². The highest BCUT2D eigenvalue weighted by molar-refractivity contribution is 5.90. The molecule has 0 aliphatic carbocycles. The third-order valence-corrected chi connectivity index (χ3v) is 4.97. The molecule has 0 saturated heterocycles. The van der Waals surface area contributed by atoms with Crippen LogP contribution in [0.25, 0.3) is 16.7 Å². The van der Waals surface area contributed by atoms with Crippen LogP contribution in [0.4, 0.5) is 14.5 Å². The molecule has 0 atom stereocenters. The lowest BCUT2D eigenvalue weighted by Crippen LogP contribution is -2.26. The van der Waals surface area contributed by atoms with E-state index in [1.165, 1.54) is 33.6 Å². The summed E-state index contributed by atoms with van der Waals surface area (Å²) in [6, 6.07) is 10.1. The van der Waals surface area contributed by atoms with Crippen molar-refractivity contribution in [1.29, 1.82) is 0 Å². The number of hydrogen-bond acceptors (Lipinski definition) is 4. The lowest BCUT2D eigenvalue weighted by Gasteiger charge is -2.11. The Morgan fingerprint density at radius 3 is 2.55 bits per heavy atom. The molecule has 0 radical (unpaired) electrons. The zero-order valence-corrected chi connectivity index (χ0v) is 16.9. The Labute approximate surface area is 176 Å². The molecule has 1 amide bonds. The van der Waals surface area contributed by atoms with Crippen molar-refractivity contribution in [3.63, 3.8) is 0 Å². The number of fused-ring (bicyclic) bond motifs is 1. The maximum absolute atomic E-state index is 13.6. The highest BCUT2D eigenvalue weighted by Gasteiger charge is 2.15. The van der Waals surface area contributed by atoms with Crippen molar-refractivity contribution < 1.29 is 13.6 Å². The molecule has 2 aromatic carbocycles. The molecule has 158 valence electrons. The molecule has 7 nitrogen and oxygen atoms in total. The van der Waals surface area contributed by atoms with E-state index in [-0.39, 0.29) is 35.6 Å². The van der Waals surface area contributed by atoms with Gasteiger partial charge in [0.2, 0.25) is 5.91 Å². The Bertz CT molecular complexity index is 1340. The van der Waals surface area contributed by atoms with Gasteiger partial charge in [-0.05, 0) is 55.8 Å². The summed E-state index contributed by atoms with van der Waals surface area (Å²) in [5.74, 6) is -0.719. The number of aryl methyl sites for hydroxylation is 2. The van der Waals surface area contributed by atoms with E-state index in [1.54, 1.807) is 38.1 Å². The minimum Gasteiger partial charge on any atom is -0.326 e. The number of benzene rings is 2. The van der Waals surface area contributed by atoms with Crippen LogP contribution >= 0.6 is 0 Å². The summed E-state index contributed by atoms with van der Waals surface area (Å²) >= 11 is 0. The third kappa shape index (κ3) is 4.07. The number of hydrogen-bond donors (Lipinski definition) is 1. The fourth-order valence-corrected chi connectivity index (χ4v) is 3.25. The van der Waals surface area contributed by atoms with Crippen LogP contribution in [0.3, 0.4) is 0 Å². The topological polar surface area (TPSA) is 81.8 Å². The van der Waals surface area contributed by atoms with Crippen LogP contribution in [-0.4, -0.2) is 25.2 Å². The molecule has 2 aromatic heterocycles. The Morgan fingerprint density at radius 2 is 1.84 bits per heavy atom. The number of rotatable bonds is 5.